The van der Waals surface area contributed by atoms with E-state index in [1.165, 1.54) is 19.3 Å². The standard InChI is InChI=1S/C16H24O4/c1-2-3-4-5-12-20-14-8-6-13(7-9-14)15(17)10-11-16(18)19/h6-9,15,17H,2-5,10-12H2,1H3,(H,18,19)/p-1. The maximum absolute atomic E-state index is 10.3. The highest BCUT2D eigenvalue weighted by Gasteiger charge is 2.07. The van der Waals surface area contributed by atoms with Crippen LogP contribution in [-0.2, 0) is 4.79 Å². The van der Waals surface area contributed by atoms with Crippen molar-refractivity contribution in [3.63, 3.8) is 0 Å². The number of aliphatic hydroxyl groups is 1. The van der Waals surface area contributed by atoms with E-state index in [-0.39, 0.29) is 12.8 Å². The van der Waals surface area contributed by atoms with Gasteiger partial charge in [-0.15, -0.1) is 0 Å². The van der Waals surface area contributed by atoms with Crippen molar-refractivity contribution in [1.29, 1.82) is 0 Å². The first kappa shape index (κ1) is 16.5. The molecule has 0 aliphatic carbocycles. The zero-order valence-electron chi connectivity index (χ0n) is 12.0. The quantitative estimate of drug-likeness (QED) is 0.667. The second-order valence-corrected chi connectivity index (χ2v) is 4.90. The van der Waals surface area contributed by atoms with Gasteiger partial charge >= 0.3 is 0 Å². The molecule has 0 saturated carbocycles. The molecule has 0 fully saturated rings. The summed E-state index contributed by atoms with van der Waals surface area (Å²) in [5.74, 6) is -0.367. The van der Waals surface area contributed by atoms with E-state index in [0.29, 0.717) is 12.2 Å². The first-order valence-electron chi connectivity index (χ1n) is 7.24. The van der Waals surface area contributed by atoms with Crippen LogP contribution in [0.4, 0.5) is 0 Å². The summed E-state index contributed by atoms with van der Waals surface area (Å²) in [5, 5.41) is 20.1. The molecule has 0 aromatic heterocycles. The fourth-order valence-electron chi connectivity index (χ4n) is 1.93. The van der Waals surface area contributed by atoms with Gasteiger partial charge in [-0.2, -0.15) is 0 Å². The van der Waals surface area contributed by atoms with Gasteiger partial charge in [0.15, 0.2) is 0 Å². The fraction of sp³-hybridized carbons (Fsp3) is 0.562. The van der Waals surface area contributed by atoms with E-state index in [0.717, 1.165) is 12.2 Å². The summed E-state index contributed by atoms with van der Waals surface area (Å²) in [7, 11) is 0. The summed E-state index contributed by atoms with van der Waals surface area (Å²) in [6, 6.07) is 7.14. The minimum Gasteiger partial charge on any atom is -0.550 e. The number of aliphatic carboxylic acids is 1. The Balaban J connectivity index is 2.33. The Morgan fingerprint density at radius 1 is 1.25 bits per heavy atom. The third kappa shape index (κ3) is 6.57. The molecule has 1 atom stereocenters. The molecule has 0 heterocycles. The number of aliphatic hydroxyl groups excluding tert-OH is 1. The van der Waals surface area contributed by atoms with Crippen LogP contribution in [0.2, 0.25) is 0 Å². The van der Waals surface area contributed by atoms with E-state index < -0.39 is 12.1 Å². The smallest absolute Gasteiger partial charge is 0.119 e. The molecule has 0 aliphatic rings. The minimum absolute atomic E-state index is 0.142. The van der Waals surface area contributed by atoms with E-state index in [9.17, 15) is 15.0 Å². The van der Waals surface area contributed by atoms with Gasteiger partial charge < -0.3 is 19.7 Å². The molecular formula is C16H23O4-. The molecule has 0 spiro atoms. The number of benzene rings is 1. The van der Waals surface area contributed by atoms with Gasteiger partial charge in [-0.25, -0.2) is 0 Å². The van der Waals surface area contributed by atoms with Gasteiger partial charge in [0, 0.05) is 5.97 Å². The number of ether oxygens (including phenoxy) is 1. The molecule has 1 unspecified atom stereocenters. The van der Waals surface area contributed by atoms with Crippen molar-refractivity contribution >= 4 is 5.97 Å². The van der Waals surface area contributed by atoms with Crippen molar-refractivity contribution in [2.75, 3.05) is 6.61 Å². The van der Waals surface area contributed by atoms with Crippen LogP contribution < -0.4 is 9.84 Å². The lowest BCUT2D eigenvalue weighted by Crippen LogP contribution is -2.22. The average Bonchev–Trinajstić information content (AvgIpc) is 2.45. The SMILES string of the molecule is CCCCCCOc1ccc(C(O)CCC(=O)[O-])cc1. The number of carboxylic acid groups (broad SMARTS) is 1. The van der Waals surface area contributed by atoms with E-state index in [1.54, 1.807) is 24.3 Å². The number of carbonyl (C=O) groups is 1. The van der Waals surface area contributed by atoms with E-state index in [1.807, 2.05) is 0 Å². The third-order valence-electron chi connectivity index (χ3n) is 3.15. The topological polar surface area (TPSA) is 69.6 Å². The second kappa shape index (κ2) is 9.37. The fourth-order valence-corrected chi connectivity index (χ4v) is 1.93. The Kier molecular flexibility index (Phi) is 7.73. The van der Waals surface area contributed by atoms with E-state index in [4.69, 9.17) is 4.74 Å². The average molecular weight is 279 g/mol. The van der Waals surface area contributed by atoms with Crippen LogP contribution in [-0.4, -0.2) is 17.7 Å². The lowest BCUT2D eigenvalue weighted by atomic mass is 10.1. The number of carbonyl (C=O) groups excluding carboxylic acids is 1. The van der Waals surface area contributed by atoms with Gasteiger partial charge in [0.05, 0.1) is 12.7 Å². The molecule has 1 rings (SSSR count). The molecule has 1 aromatic rings. The summed E-state index contributed by atoms with van der Waals surface area (Å²) in [6.45, 7) is 2.87. The van der Waals surface area contributed by atoms with Crippen LogP contribution in [0.15, 0.2) is 24.3 Å². The molecule has 4 heteroatoms. The summed E-state index contributed by atoms with van der Waals surface area (Å²) in [6.07, 6.45) is 3.91. The van der Waals surface area contributed by atoms with Gasteiger partial charge in [-0.3, -0.25) is 0 Å². The zero-order valence-corrected chi connectivity index (χ0v) is 12.0. The largest absolute Gasteiger partial charge is 0.550 e. The number of rotatable bonds is 10. The van der Waals surface area contributed by atoms with Gasteiger partial charge in [0.25, 0.3) is 0 Å². The molecule has 112 valence electrons. The summed E-state index contributed by atoms with van der Waals surface area (Å²) in [5.41, 5.74) is 0.699. The van der Waals surface area contributed by atoms with Crippen LogP contribution in [0.3, 0.4) is 0 Å². The Morgan fingerprint density at radius 2 is 1.95 bits per heavy atom. The molecule has 4 nitrogen and oxygen atoms in total. The molecule has 20 heavy (non-hydrogen) atoms. The predicted molar refractivity (Wildman–Crippen MR) is 75.3 cm³/mol. The lowest BCUT2D eigenvalue weighted by molar-refractivity contribution is -0.306. The van der Waals surface area contributed by atoms with Crippen molar-refractivity contribution in [2.45, 2.75) is 51.6 Å². The van der Waals surface area contributed by atoms with E-state index >= 15 is 0 Å². The minimum atomic E-state index is -1.14. The Bertz CT molecular complexity index is 386. The van der Waals surface area contributed by atoms with Crippen LogP contribution in [0.5, 0.6) is 5.75 Å². The normalized spacial score (nSPS) is 12.1. The first-order chi connectivity index (χ1) is 9.63. The third-order valence-corrected chi connectivity index (χ3v) is 3.15. The Labute approximate surface area is 120 Å². The van der Waals surface area contributed by atoms with Crippen LogP contribution in [0, 0.1) is 0 Å². The second-order valence-electron chi connectivity index (χ2n) is 4.90. The van der Waals surface area contributed by atoms with Gasteiger partial charge in [0.1, 0.15) is 5.75 Å². The maximum atomic E-state index is 10.3. The molecule has 0 amide bonds. The van der Waals surface area contributed by atoms with Crippen molar-refractivity contribution in [3.05, 3.63) is 29.8 Å². The molecule has 0 aliphatic heterocycles. The van der Waals surface area contributed by atoms with Crippen molar-refractivity contribution in [3.8, 4) is 5.75 Å². The van der Waals surface area contributed by atoms with Gasteiger partial charge in [-0.05, 0) is 37.0 Å². The molecule has 0 saturated heterocycles. The highest BCUT2D eigenvalue weighted by molar-refractivity contribution is 5.64. The van der Waals surface area contributed by atoms with E-state index in [2.05, 4.69) is 6.92 Å². The Morgan fingerprint density at radius 3 is 2.55 bits per heavy atom. The maximum Gasteiger partial charge on any atom is 0.119 e. The highest BCUT2D eigenvalue weighted by Crippen LogP contribution is 2.21. The van der Waals surface area contributed by atoms with Crippen LogP contribution in [0.25, 0.3) is 0 Å². The summed E-state index contributed by atoms with van der Waals surface area (Å²) < 4.78 is 5.60. The summed E-state index contributed by atoms with van der Waals surface area (Å²) >= 11 is 0. The summed E-state index contributed by atoms with van der Waals surface area (Å²) in [4.78, 5) is 10.3. The molecule has 1 aromatic carbocycles. The predicted octanol–water partition coefficient (Wildman–Crippen LogP) is 2.21. The zero-order chi connectivity index (χ0) is 14.8. The number of unbranched alkanes of at least 4 members (excludes halogenated alkanes) is 3. The highest BCUT2D eigenvalue weighted by atomic mass is 16.5. The van der Waals surface area contributed by atoms with Gasteiger partial charge in [0.2, 0.25) is 0 Å². The molecule has 1 N–H and O–H groups in total. The lowest BCUT2D eigenvalue weighted by Gasteiger charge is -2.12. The van der Waals surface area contributed by atoms with Crippen LogP contribution >= 0.6 is 0 Å². The first-order valence-corrected chi connectivity index (χ1v) is 7.24. The van der Waals surface area contributed by atoms with Crippen LogP contribution in [0.1, 0.15) is 57.1 Å². The van der Waals surface area contributed by atoms with Gasteiger partial charge in [-0.1, -0.05) is 38.3 Å². The molecular weight excluding hydrogens is 256 g/mol. The number of hydrogen-bond donors (Lipinski definition) is 1. The number of hydrogen-bond acceptors (Lipinski definition) is 4. The molecule has 0 radical (unpaired) electrons. The van der Waals surface area contributed by atoms with Crippen molar-refractivity contribution < 1.29 is 19.7 Å². The number of carboxylic acids is 1. The van der Waals surface area contributed by atoms with Crippen molar-refractivity contribution in [1.82, 2.24) is 0 Å². The van der Waals surface area contributed by atoms with Crippen molar-refractivity contribution in [2.24, 2.45) is 0 Å². The Hall–Kier alpha value is -1.55. The molecule has 0 bridgehead atoms. The monoisotopic (exact) mass is 279 g/mol.